The van der Waals surface area contributed by atoms with Gasteiger partial charge in [-0.3, -0.25) is 4.79 Å². The Morgan fingerprint density at radius 2 is 1.02 bits per heavy atom. The van der Waals surface area contributed by atoms with E-state index in [1.165, 1.54) is 18.2 Å². The fraction of sp³-hybridized carbons (Fsp3) is 0.167. The zero-order valence-corrected chi connectivity index (χ0v) is 26.6. The third kappa shape index (κ3) is 7.55. The molecule has 0 fully saturated rings. The average molecular weight is 719 g/mol. The average Bonchev–Trinajstić information content (AvgIpc) is 3.08. The van der Waals surface area contributed by atoms with Crippen LogP contribution >= 0.6 is 0 Å². The molecule has 0 amide bonds. The number of carbonyl (C=O) groups is 4. The molecule has 10 N–H and O–H groups in total. The Morgan fingerprint density at radius 1 is 0.558 bits per heavy atom. The van der Waals surface area contributed by atoms with Gasteiger partial charge in [0.05, 0.1) is 11.5 Å². The van der Waals surface area contributed by atoms with Gasteiger partial charge in [-0.15, -0.1) is 0 Å². The van der Waals surface area contributed by atoms with Crippen molar-refractivity contribution in [1.82, 2.24) is 0 Å². The number of carbonyl (C=O) groups excluding carboxylic acids is 2. The SMILES string of the molecule is O=C(O[C@H](Cc1ccc(O)c(O)c1)C(=O)O)C1=Cc2cc(O)c(O)cc2[C@H](c2ccc(O)c(O)c2)[C@H]1C(=O)O[C@H](Cc1ccc(O)c(O)c1)C(=O)O. The number of rotatable bonds is 11. The van der Waals surface area contributed by atoms with Crippen molar-refractivity contribution in [3.05, 3.63) is 100 Å². The van der Waals surface area contributed by atoms with Crippen LogP contribution in [0.2, 0.25) is 0 Å². The van der Waals surface area contributed by atoms with Crippen molar-refractivity contribution in [2.24, 2.45) is 5.92 Å². The Bertz CT molecular complexity index is 2120. The molecule has 0 saturated carbocycles. The second-order valence-corrected chi connectivity index (χ2v) is 11.8. The van der Waals surface area contributed by atoms with Crippen LogP contribution in [0.4, 0.5) is 0 Å². The third-order valence-electron chi connectivity index (χ3n) is 8.32. The predicted molar refractivity (Wildman–Crippen MR) is 175 cm³/mol. The lowest BCUT2D eigenvalue weighted by atomic mass is 9.71. The maximum atomic E-state index is 14.2. The lowest BCUT2D eigenvalue weighted by Crippen LogP contribution is -2.39. The Labute approximate surface area is 292 Å². The van der Waals surface area contributed by atoms with Gasteiger partial charge in [-0.05, 0) is 82.4 Å². The smallest absolute Gasteiger partial charge is 0.345 e. The Balaban J connectivity index is 1.61. The number of aliphatic carboxylic acids is 2. The number of hydrogen-bond acceptors (Lipinski definition) is 14. The molecular formula is C36H30O16. The van der Waals surface area contributed by atoms with Crippen molar-refractivity contribution >= 4 is 30.0 Å². The number of hydrogen-bond donors (Lipinski definition) is 10. The number of esters is 2. The van der Waals surface area contributed by atoms with E-state index in [9.17, 15) is 70.2 Å². The summed E-state index contributed by atoms with van der Waals surface area (Å²) in [6, 6.07) is 12.1. The molecule has 5 rings (SSSR count). The summed E-state index contributed by atoms with van der Waals surface area (Å²) in [5, 5.41) is 100. The second kappa shape index (κ2) is 14.4. The van der Waals surface area contributed by atoms with Gasteiger partial charge in [-0.2, -0.15) is 0 Å². The molecule has 16 heteroatoms. The van der Waals surface area contributed by atoms with Gasteiger partial charge in [-0.25, -0.2) is 14.4 Å². The number of ether oxygens (including phenoxy) is 2. The van der Waals surface area contributed by atoms with Crippen molar-refractivity contribution in [2.45, 2.75) is 31.0 Å². The van der Waals surface area contributed by atoms with E-state index in [-0.39, 0.29) is 27.8 Å². The van der Waals surface area contributed by atoms with Crippen molar-refractivity contribution in [2.75, 3.05) is 0 Å². The number of benzene rings is 4. The lowest BCUT2D eigenvalue weighted by Gasteiger charge is -2.33. The molecule has 270 valence electrons. The first-order chi connectivity index (χ1) is 24.5. The van der Waals surface area contributed by atoms with Gasteiger partial charge in [0.2, 0.25) is 12.2 Å². The van der Waals surface area contributed by atoms with Crippen LogP contribution in [0.1, 0.15) is 33.7 Å². The Morgan fingerprint density at radius 3 is 1.52 bits per heavy atom. The zero-order chi connectivity index (χ0) is 38.0. The summed E-state index contributed by atoms with van der Waals surface area (Å²) in [4.78, 5) is 52.7. The number of phenols is 8. The van der Waals surface area contributed by atoms with Crippen LogP contribution in [0.15, 0.2) is 72.3 Å². The summed E-state index contributed by atoms with van der Waals surface area (Å²) in [5.41, 5.74) is -0.309. The van der Waals surface area contributed by atoms with Gasteiger partial charge in [0, 0.05) is 18.8 Å². The van der Waals surface area contributed by atoms with E-state index in [0.717, 1.165) is 54.6 Å². The lowest BCUT2D eigenvalue weighted by molar-refractivity contribution is -0.168. The van der Waals surface area contributed by atoms with E-state index in [1.54, 1.807) is 0 Å². The first-order valence-electron chi connectivity index (χ1n) is 15.2. The molecule has 0 unspecified atom stereocenters. The van der Waals surface area contributed by atoms with Gasteiger partial charge in [0.15, 0.2) is 46.0 Å². The first kappa shape index (κ1) is 36.2. The molecule has 0 bridgehead atoms. The predicted octanol–water partition coefficient (Wildman–Crippen LogP) is 2.95. The quantitative estimate of drug-likeness (QED) is 0.0788. The highest BCUT2D eigenvalue weighted by atomic mass is 16.6. The summed E-state index contributed by atoms with van der Waals surface area (Å²) in [5.74, 6) is -14.2. The maximum Gasteiger partial charge on any atom is 0.345 e. The van der Waals surface area contributed by atoms with Gasteiger partial charge < -0.3 is 60.5 Å². The highest BCUT2D eigenvalue weighted by molar-refractivity contribution is 6.03. The molecule has 0 saturated heterocycles. The van der Waals surface area contributed by atoms with E-state index in [0.29, 0.717) is 0 Å². The minimum atomic E-state index is -1.97. The van der Waals surface area contributed by atoms with Crippen LogP contribution in [0, 0.1) is 5.92 Å². The fourth-order valence-electron chi connectivity index (χ4n) is 5.76. The van der Waals surface area contributed by atoms with Gasteiger partial charge >= 0.3 is 23.9 Å². The summed E-state index contributed by atoms with van der Waals surface area (Å²) in [6.45, 7) is 0. The minimum absolute atomic E-state index is 0.00618. The number of carboxylic acids is 2. The highest BCUT2D eigenvalue weighted by Crippen LogP contribution is 2.48. The summed E-state index contributed by atoms with van der Waals surface area (Å²) < 4.78 is 10.8. The zero-order valence-electron chi connectivity index (χ0n) is 26.6. The van der Waals surface area contributed by atoms with E-state index in [1.807, 2.05) is 0 Å². The monoisotopic (exact) mass is 718 g/mol. The fourth-order valence-corrected chi connectivity index (χ4v) is 5.76. The normalized spacial score (nSPS) is 16.1. The van der Waals surface area contributed by atoms with Crippen LogP contribution in [0.25, 0.3) is 6.08 Å². The first-order valence-corrected chi connectivity index (χ1v) is 15.2. The van der Waals surface area contributed by atoms with Crippen molar-refractivity contribution in [1.29, 1.82) is 0 Å². The minimum Gasteiger partial charge on any atom is -0.504 e. The molecule has 0 radical (unpaired) electrons. The van der Waals surface area contributed by atoms with Crippen molar-refractivity contribution < 1.29 is 79.7 Å². The third-order valence-corrected chi connectivity index (χ3v) is 8.32. The van der Waals surface area contributed by atoms with Crippen LogP contribution < -0.4 is 0 Å². The maximum absolute atomic E-state index is 14.2. The molecular weight excluding hydrogens is 688 g/mol. The summed E-state index contributed by atoms with van der Waals surface area (Å²) in [7, 11) is 0. The molecule has 1 aliphatic carbocycles. The van der Waals surface area contributed by atoms with Gasteiger partial charge in [0.25, 0.3) is 0 Å². The number of phenolic OH excluding ortho intramolecular Hbond substituents is 8. The molecule has 4 aromatic rings. The summed E-state index contributed by atoms with van der Waals surface area (Å²) >= 11 is 0. The van der Waals surface area contributed by atoms with Crippen LogP contribution in [-0.4, -0.2) is 87.2 Å². The number of aromatic hydroxyl groups is 8. The number of fused-ring (bicyclic) bond motifs is 1. The Hall–Kier alpha value is -7.10. The van der Waals surface area contributed by atoms with E-state index in [2.05, 4.69) is 0 Å². The molecule has 4 atom stereocenters. The highest BCUT2D eigenvalue weighted by Gasteiger charge is 2.45. The molecule has 16 nitrogen and oxygen atoms in total. The van der Waals surface area contributed by atoms with Gasteiger partial charge in [0.1, 0.15) is 0 Å². The van der Waals surface area contributed by atoms with Crippen LogP contribution in [0.5, 0.6) is 46.0 Å². The molecule has 0 aliphatic heterocycles. The summed E-state index contributed by atoms with van der Waals surface area (Å²) in [6.07, 6.45) is -3.95. The Kier molecular flexibility index (Phi) is 10.0. The van der Waals surface area contributed by atoms with E-state index in [4.69, 9.17) is 9.47 Å². The molecule has 0 aromatic heterocycles. The van der Waals surface area contributed by atoms with E-state index >= 15 is 0 Å². The molecule has 52 heavy (non-hydrogen) atoms. The molecule has 1 aliphatic rings. The van der Waals surface area contributed by atoms with E-state index < -0.39 is 112 Å². The van der Waals surface area contributed by atoms with Crippen LogP contribution in [0.3, 0.4) is 0 Å². The molecule has 4 aromatic carbocycles. The molecule has 0 heterocycles. The van der Waals surface area contributed by atoms with Crippen molar-refractivity contribution in [3.63, 3.8) is 0 Å². The topological polar surface area (TPSA) is 289 Å². The van der Waals surface area contributed by atoms with Gasteiger partial charge in [-0.1, -0.05) is 18.2 Å². The largest absolute Gasteiger partial charge is 0.504 e. The van der Waals surface area contributed by atoms with Crippen molar-refractivity contribution in [3.8, 4) is 46.0 Å². The standard InChI is InChI=1S/C36H30O16/c37-21-4-1-15(7-24(21)40)9-29(33(45)46)51-35(49)20-11-18-13-27(43)28(44)14-19(18)31(17-3-6-23(39)26(42)12-17)32(20)36(50)52-30(34(47)48)10-16-2-5-22(38)25(41)8-16/h1-8,11-14,29-32,37-44H,9-10H2,(H,45,46)(H,47,48)/t29-,30-,31+,32+/m1/s1. The second-order valence-electron chi connectivity index (χ2n) is 11.8. The number of carboxylic acid groups (broad SMARTS) is 2. The molecule has 0 spiro atoms. The van der Waals surface area contributed by atoms with Crippen LogP contribution in [-0.2, 0) is 41.5 Å².